The summed E-state index contributed by atoms with van der Waals surface area (Å²) in [6.45, 7) is 6.78. The van der Waals surface area contributed by atoms with Crippen molar-refractivity contribution in [2.45, 2.75) is 52.1 Å². The first-order valence-electron chi connectivity index (χ1n) is 7.45. The lowest BCUT2D eigenvalue weighted by atomic mass is 9.90. The third-order valence-electron chi connectivity index (χ3n) is 4.02. The van der Waals surface area contributed by atoms with E-state index >= 15 is 0 Å². The molecule has 0 saturated carbocycles. The van der Waals surface area contributed by atoms with E-state index in [-0.39, 0.29) is 23.8 Å². The number of aryl methyl sites for hydroxylation is 1. The molecule has 4 nitrogen and oxygen atoms in total. The Balaban J connectivity index is 2.49. The number of aliphatic hydroxyl groups excluding tert-OH is 1. The van der Waals surface area contributed by atoms with Gasteiger partial charge in [0, 0.05) is 12.0 Å². The maximum atomic E-state index is 12.1. The molecule has 2 heterocycles. The normalized spacial score (nSPS) is 16.1. The molecule has 1 aromatic heterocycles. The molecule has 21 heavy (non-hydrogen) atoms. The fourth-order valence-electron chi connectivity index (χ4n) is 2.86. The average molecular weight is 311 g/mol. The van der Waals surface area contributed by atoms with Crippen molar-refractivity contribution in [3.63, 3.8) is 0 Å². The largest absolute Gasteiger partial charge is 0.390 e. The van der Waals surface area contributed by atoms with Crippen LogP contribution in [0.2, 0.25) is 0 Å². The molecule has 5 heteroatoms. The summed E-state index contributed by atoms with van der Waals surface area (Å²) in [4.78, 5) is 18.4. The molecule has 116 valence electrons. The Morgan fingerprint density at radius 3 is 2.81 bits per heavy atom. The molecular formula is C16H23ClN2O2. The monoisotopic (exact) mass is 310 g/mol. The van der Waals surface area contributed by atoms with Gasteiger partial charge in [-0.05, 0) is 24.5 Å². The minimum Gasteiger partial charge on any atom is -0.390 e. The SMILES string of the molecule is CCCCc1cc2c(nc1CO)C(C)(C)CN2C(=O)CCl. The van der Waals surface area contributed by atoms with Crippen molar-refractivity contribution in [2.75, 3.05) is 17.3 Å². The minimum atomic E-state index is -0.218. The molecule has 1 aromatic rings. The number of rotatable bonds is 5. The Morgan fingerprint density at radius 1 is 1.52 bits per heavy atom. The number of nitrogens with zero attached hydrogens (tertiary/aromatic N) is 2. The van der Waals surface area contributed by atoms with Crippen LogP contribution in [0.15, 0.2) is 6.07 Å². The van der Waals surface area contributed by atoms with Crippen molar-refractivity contribution >= 4 is 23.2 Å². The number of hydrogen-bond donors (Lipinski definition) is 1. The highest BCUT2D eigenvalue weighted by Crippen LogP contribution is 2.40. The molecule has 0 aromatic carbocycles. The van der Waals surface area contributed by atoms with Crippen LogP contribution in [0.25, 0.3) is 0 Å². The lowest BCUT2D eigenvalue weighted by molar-refractivity contribution is -0.116. The number of pyridine rings is 1. The zero-order valence-electron chi connectivity index (χ0n) is 12.9. The summed E-state index contributed by atoms with van der Waals surface area (Å²) >= 11 is 5.72. The van der Waals surface area contributed by atoms with Crippen LogP contribution in [0.1, 0.15) is 50.6 Å². The van der Waals surface area contributed by atoms with E-state index < -0.39 is 0 Å². The second-order valence-electron chi connectivity index (χ2n) is 6.22. The van der Waals surface area contributed by atoms with E-state index in [1.54, 1.807) is 4.90 Å². The molecule has 1 aliphatic rings. The number of aromatic nitrogens is 1. The van der Waals surface area contributed by atoms with Crippen LogP contribution in [-0.4, -0.2) is 28.4 Å². The summed E-state index contributed by atoms with van der Waals surface area (Å²) in [5.74, 6) is -0.120. The van der Waals surface area contributed by atoms with Gasteiger partial charge in [0.05, 0.1) is 23.7 Å². The number of amides is 1. The molecular weight excluding hydrogens is 288 g/mol. The van der Waals surface area contributed by atoms with Crippen LogP contribution in [0, 0.1) is 0 Å². The summed E-state index contributed by atoms with van der Waals surface area (Å²) in [5.41, 5.74) is 3.28. The highest BCUT2D eigenvalue weighted by atomic mass is 35.5. The summed E-state index contributed by atoms with van der Waals surface area (Å²) in [6, 6.07) is 2.02. The van der Waals surface area contributed by atoms with Crippen LogP contribution in [-0.2, 0) is 23.2 Å². The highest BCUT2D eigenvalue weighted by Gasteiger charge is 2.39. The summed E-state index contributed by atoms with van der Waals surface area (Å²) in [5, 5.41) is 9.58. The van der Waals surface area contributed by atoms with Crippen molar-refractivity contribution in [1.29, 1.82) is 0 Å². The Kier molecular flexibility index (Phi) is 4.89. The zero-order chi connectivity index (χ0) is 15.6. The third-order valence-corrected chi connectivity index (χ3v) is 4.25. The lowest BCUT2D eigenvalue weighted by Gasteiger charge is -2.19. The number of alkyl halides is 1. The topological polar surface area (TPSA) is 53.4 Å². The number of carbonyl (C=O) groups is 1. The van der Waals surface area contributed by atoms with E-state index in [4.69, 9.17) is 11.6 Å². The van der Waals surface area contributed by atoms with E-state index in [1.807, 2.05) is 6.07 Å². The molecule has 0 unspecified atom stereocenters. The Labute approximate surface area is 131 Å². The summed E-state index contributed by atoms with van der Waals surface area (Å²) in [6.07, 6.45) is 2.99. The Hall–Kier alpha value is -1.13. The van der Waals surface area contributed by atoms with Crippen LogP contribution in [0.5, 0.6) is 0 Å². The van der Waals surface area contributed by atoms with Crippen molar-refractivity contribution in [2.24, 2.45) is 0 Å². The fourth-order valence-corrected chi connectivity index (χ4v) is 3.00. The van der Waals surface area contributed by atoms with Crippen molar-refractivity contribution in [3.8, 4) is 0 Å². The molecule has 1 N–H and O–H groups in total. The molecule has 1 aliphatic heterocycles. The molecule has 0 saturated heterocycles. The van der Waals surface area contributed by atoms with Crippen LogP contribution in [0.4, 0.5) is 5.69 Å². The van der Waals surface area contributed by atoms with Gasteiger partial charge in [-0.25, -0.2) is 0 Å². The highest BCUT2D eigenvalue weighted by molar-refractivity contribution is 6.29. The van der Waals surface area contributed by atoms with Gasteiger partial charge >= 0.3 is 0 Å². The second-order valence-corrected chi connectivity index (χ2v) is 6.49. The van der Waals surface area contributed by atoms with Gasteiger partial charge in [0.2, 0.25) is 5.91 Å². The van der Waals surface area contributed by atoms with Gasteiger partial charge in [0.25, 0.3) is 0 Å². The van der Waals surface area contributed by atoms with Gasteiger partial charge < -0.3 is 10.0 Å². The standard InChI is InChI=1S/C16H23ClN2O2/c1-4-5-6-11-7-13-15(18-12(11)9-20)16(2,3)10-19(13)14(21)8-17/h7,20H,4-6,8-10H2,1-3H3. The summed E-state index contributed by atoms with van der Waals surface area (Å²) < 4.78 is 0. The molecule has 0 spiro atoms. The number of carbonyl (C=O) groups excluding carboxylic acids is 1. The second kappa shape index (κ2) is 6.32. The van der Waals surface area contributed by atoms with Crippen LogP contribution in [0.3, 0.4) is 0 Å². The Morgan fingerprint density at radius 2 is 2.24 bits per heavy atom. The number of fused-ring (bicyclic) bond motifs is 1. The molecule has 0 aliphatic carbocycles. The number of halogens is 1. The fraction of sp³-hybridized carbons (Fsp3) is 0.625. The van der Waals surface area contributed by atoms with Gasteiger partial charge in [0.1, 0.15) is 5.88 Å². The predicted molar refractivity (Wildman–Crippen MR) is 84.9 cm³/mol. The molecule has 0 fully saturated rings. The van der Waals surface area contributed by atoms with Gasteiger partial charge in [-0.15, -0.1) is 11.6 Å². The maximum absolute atomic E-state index is 12.1. The van der Waals surface area contributed by atoms with E-state index in [0.717, 1.165) is 41.9 Å². The van der Waals surface area contributed by atoms with Gasteiger partial charge in [-0.1, -0.05) is 27.2 Å². The van der Waals surface area contributed by atoms with E-state index in [1.165, 1.54) is 0 Å². The average Bonchev–Trinajstić information content (AvgIpc) is 2.74. The number of anilines is 1. The molecule has 2 rings (SSSR count). The smallest absolute Gasteiger partial charge is 0.241 e. The van der Waals surface area contributed by atoms with Crippen LogP contribution >= 0.6 is 11.6 Å². The van der Waals surface area contributed by atoms with E-state index in [0.29, 0.717) is 6.54 Å². The first kappa shape index (κ1) is 16.2. The van der Waals surface area contributed by atoms with Crippen molar-refractivity contribution < 1.29 is 9.90 Å². The summed E-state index contributed by atoms with van der Waals surface area (Å²) in [7, 11) is 0. The van der Waals surface area contributed by atoms with E-state index in [9.17, 15) is 9.90 Å². The van der Waals surface area contributed by atoms with Gasteiger partial charge in [0.15, 0.2) is 0 Å². The quantitative estimate of drug-likeness (QED) is 0.851. The molecule has 0 bridgehead atoms. The van der Waals surface area contributed by atoms with Gasteiger partial charge in [-0.2, -0.15) is 0 Å². The first-order valence-corrected chi connectivity index (χ1v) is 7.98. The zero-order valence-corrected chi connectivity index (χ0v) is 13.7. The molecule has 0 radical (unpaired) electrons. The maximum Gasteiger partial charge on any atom is 0.241 e. The first-order chi connectivity index (χ1) is 9.94. The third kappa shape index (κ3) is 3.06. The number of hydrogen-bond acceptors (Lipinski definition) is 3. The van der Waals surface area contributed by atoms with Crippen molar-refractivity contribution in [1.82, 2.24) is 4.98 Å². The Bertz CT molecular complexity index is 543. The van der Waals surface area contributed by atoms with Gasteiger partial charge in [-0.3, -0.25) is 9.78 Å². The molecule has 1 amide bonds. The lowest BCUT2D eigenvalue weighted by Crippen LogP contribution is -2.34. The van der Waals surface area contributed by atoms with Crippen LogP contribution < -0.4 is 4.90 Å². The number of aliphatic hydroxyl groups is 1. The minimum absolute atomic E-state index is 0.0262. The molecule has 0 atom stereocenters. The number of unbranched alkanes of at least 4 members (excludes halogenated alkanes) is 1. The van der Waals surface area contributed by atoms with E-state index in [2.05, 4.69) is 25.8 Å². The predicted octanol–water partition coefficient (Wildman–Crippen LogP) is 2.78. The van der Waals surface area contributed by atoms with Crippen molar-refractivity contribution in [3.05, 3.63) is 23.0 Å².